The fourth-order valence-corrected chi connectivity index (χ4v) is 11.0. The summed E-state index contributed by atoms with van der Waals surface area (Å²) in [6.07, 6.45) is 18.0. The van der Waals surface area contributed by atoms with Crippen LogP contribution >= 0.6 is 11.8 Å². The average Bonchev–Trinajstić information content (AvgIpc) is 3.55. The van der Waals surface area contributed by atoms with Gasteiger partial charge in [0.2, 0.25) is 0 Å². The van der Waals surface area contributed by atoms with Crippen molar-refractivity contribution >= 4 is 11.8 Å². The Bertz CT molecular complexity index is 822. The maximum absolute atomic E-state index is 12.4. The van der Waals surface area contributed by atoms with Crippen LogP contribution in [0.15, 0.2) is 23.0 Å². The first-order valence-electron chi connectivity index (χ1n) is 14.0. The van der Waals surface area contributed by atoms with E-state index in [-0.39, 0.29) is 5.41 Å². The van der Waals surface area contributed by atoms with Crippen LogP contribution in [0.3, 0.4) is 0 Å². The summed E-state index contributed by atoms with van der Waals surface area (Å²) in [4.78, 5) is 2.67. The average molecular weight is 472 g/mol. The van der Waals surface area contributed by atoms with E-state index in [9.17, 15) is 5.11 Å². The normalized spacial score (nSPS) is 47.8. The maximum atomic E-state index is 12.4. The zero-order valence-corrected chi connectivity index (χ0v) is 21.8. The number of nitrogens with zero attached hydrogens (tertiary/aromatic N) is 1. The van der Waals surface area contributed by atoms with Crippen LogP contribution in [0.25, 0.3) is 0 Å². The number of fused-ring (bicyclic) bond motifs is 5. The van der Waals surface area contributed by atoms with Gasteiger partial charge in [-0.05, 0) is 124 Å². The second-order valence-corrected chi connectivity index (χ2v) is 14.2. The molecular weight excluding hydrogens is 426 g/mol. The van der Waals surface area contributed by atoms with Gasteiger partial charge >= 0.3 is 0 Å². The minimum Gasteiger partial charge on any atom is -0.472 e. The van der Waals surface area contributed by atoms with Gasteiger partial charge in [-0.1, -0.05) is 13.8 Å². The van der Waals surface area contributed by atoms with E-state index >= 15 is 0 Å². The molecule has 2 heterocycles. The van der Waals surface area contributed by atoms with E-state index in [1.807, 2.05) is 12.5 Å². The Kier molecular flexibility index (Phi) is 5.98. The van der Waals surface area contributed by atoms with Crippen LogP contribution in [0.5, 0.6) is 0 Å². The van der Waals surface area contributed by atoms with E-state index in [4.69, 9.17) is 4.42 Å². The van der Waals surface area contributed by atoms with Crippen LogP contribution in [0.2, 0.25) is 0 Å². The van der Waals surface area contributed by atoms with Gasteiger partial charge in [0.15, 0.2) is 0 Å². The Morgan fingerprint density at radius 3 is 2.67 bits per heavy atom. The lowest BCUT2D eigenvalue weighted by Crippen LogP contribution is -2.61. The lowest BCUT2D eigenvalue weighted by atomic mass is 9.43. The standard InChI is InChI=1S/C29H45NO2S/c1-27-11-7-23(33-18-16-30-14-3-4-15-30)19-22(27)5-6-26-25(27)8-12-28(2)24(9-13-29(26,28)31)21-10-17-32-20-21/h10,17,20,22-26,31H,3-9,11-16,18-19H2,1-2H3/t22-,23+,24-,25+,26-,27+,28-,29+/m1/s1. The van der Waals surface area contributed by atoms with E-state index in [1.165, 1.54) is 88.7 Å². The highest BCUT2D eigenvalue weighted by atomic mass is 32.2. The quantitative estimate of drug-likeness (QED) is 0.517. The third-order valence-corrected chi connectivity index (χ3v) is 13.0. The van der Waals surface area contributed by atoms with Crippen LogP contribution in [0.4, 0.5) is 0 Å². The van der Waals surface area contributed by atoms with Crippen molar-refractivity contribution in [2.24, 2.45) is 28.6 Å². The topological polar surface area (TPSA) is 36.6 Å². The minimum atomic E-state index is -0.493. The lowest BCUT2D eigenvalue weighted by Gasteiger charge is -2.63. The van der Waals surface area contributed by atoms with Crippen LogP contribution in [-0.4, -0.2) is 46.2 Å². The SMILES string of the molecule is C[C@]12CC[C@H](SCCN3CCCC3)C[C@H]1CC[C@@H]1[C@@H]2CC[C@]2(C)[C@@H](c3ccoc3)CC[C@]12O. The molecule has 33 heavy (non-hydrogen) atoms. The van der Waals surface area contributed by atoms with Crippen LogP contribution in [0, 0.1) is 28.6 Å². The molecule has 1 aromatic heterocycles. The van der Waals surface area contributed by atoms with Gasteiger partial charge in [0.05, 0.1) is 18.1 Å². The molecule has 1 aliphatic heterocycles. The second-order valence-electron chi connectivity index (χ2n) is 12.8. The Morgan fingerprint density at radius 2 is 1.88 bits per heavy atom. The highest BCUT2D eigenvalue weighted by Gasteiger charge is 2.67. The summed E-state index contributed by atoms with van der Waals surface area (Å²) in [6, 6.07) is 2.15. The van der Waals surface area contributed by atoms with Gasteiger partial charge in [0, 0.05) is 23.0 Å². The Labute approximate surface area is 205 Å². The van der Waals surface area contributed by atoms with Crippen molar-refractivity contribution in [1.82, 2.24) is 4.90 Å². The molecule has 4 aliphatic carbocycles. The van der Waals surface area contributed by atoms with Gasteiger partial charge in [-0.15, -0.1) is 0 Å². The summed E-state index contributed by atoms with van der Waals surface area (Å²) in [5.74, 6) is 3.86. The first kappa shape index (κ1) is 23.0. The molecule has 1 N–H and O–H groups in total. The zero-order chi connectivity index (χ0) is 22.7. The van der Waals surface area contributed by atoms with Crippen molar-refractivity contribution in [3.05, 3.63) is 24.2 Å². The Balaban J connectivity index is 1.14. The molecule has 184 valence electrons. The third-order valence-electron chi connectivity index (χ3n) is 11.7. The summed E-state index contributed by atoms with van der Waals surface area (Å²) in [5.41, 5.74) is 1.27. The van der Waals surface area contributed by atoms with Gasteiger partial charge in [0.1, 0.15) is 0 Å². The van der Waals surface area contributed by atoms with Gasteiger partial charge in [-0.2, -0.15) is 11.8 Å². The molecule has 3 nitrogen and oxygen atoms in total. The summed E-state index contributed by atoms with van der Waals surface area (Å²) in [7, 11) is 0. The fourth-order valence-electron chi connectivity index (χ4n) is 9.70. The number of hydrogen-bond acceptors (Lipinski definition) is 4. The molecule has 0 bridgehead atoms. The predicted molar refractivity (Wildman–Crippen MR) is 137 cm³/mol. The molecule has 1 aromatic rings. The molecule has 0 radical (unpaired) electrons. The number of rotatable bonds is 5. The zero-order valence-electron chi connectivity index (χ0n) is 20.9. The van der Waals surface area contributed by atoms with Crippen LogP contribution in [0.1, 0.15) is 96.0 Å². The van der Waals surface area contributed by atoms with Crippen molar-refractivity contribution in [3.63, 3.8) is 0 Å². The molecule has 0 aromatic carbocycles. The van der Waals surface area contributed by atoms with Crippen molar-refractivity contribution in [3.8, 4) is 0 Å². The number of likely N-dealkylation sites (tertiary alicyclic amines) is 1. The van der Waals surface area contributed by atoms with Crippen molar-refractivity contribution in [2.45, 2.75) is 101 Å². The summed E-state index contributed by atoms with van der Waals surface area (Å²) < 4.78 is 5.46. The molecule has 0 unspecified atom stereocenters. The van der Waals surface area contributed by atoms with Crippen LogP contribution < -0.4 is 0 Å². The minimum absolute atomic E-state index is 0.00383. The molecule has 0 spiro atoms. The lowest BCUT2D eigenvalue weighted by molar-refractivity contribution is -0.200. The fraction of sp³-hybridized carbons (Fsp3) is 0.862. The highest BCUT2D eigenvalue weighted by molar-refractivity contribution is 7.99. The summed E-state index contributed by atoms with van der Waals surface area (Å²) in [5, 5.41) is 13.2. The molecule has 0 amide bonds. The maximum Gasteiger partial charge on any atom is 0.0937 e. The van der Waals surface area contributed by atoms with E-state index in [0.29, 0.717) is 23.2 Å². The highest BCUT2D eigenvalue weighted by Crippen LogP contribution is 2.70. The molecule has 5 fully saturated rings. The van der Waals surface area contributed by atoms with Crippen molar-refractivity contribution in [2.75, 3.05) is 25.4 Å². The number of aliphatic hydroxyl groups is 1. The van der Waals surface area contributed by atoms with E-state index < -0.39 is 5.60 Å². The molecule has 4 saturated carbocycles. The molecule has 8 atom stereocenters. The van der Waals surface area contributed by atoms with E-state index in [1.54, 1.807) is 0 Å². The first-order chi connectivity index (χ1) is 15.9. The molecule has 6 rings (SSSR count). The van der Waals surface area contributed by atoms with Crippen LogP contribution in [-0.2, 0) is 0 Å². The monoisotopic (exact) mass is 471 g/mol. The van der Waals surface area contributed by atoms with Gasteiger partial charge in [-0.3, -0.25) is 0 Å². The number of hydrogen-bond donors (Lipinski definition) is 1. The Hall–Kier alpha value is -0.450. The molecule has 5 aliphatic rings. The van der Waals surface area contributed by atoms with Crippen molar-refractivity contribution < 1.29 is 9.52 Å². The van der Waals surface area contributed by atoms with E-state index in [0.717, 1.165) is 24.0 Å². The second kappa shape index (κ2) is 8.59. The van der Waals surface area contributed by atoms with Gasteiger partial charge < -0.3 is 14.4 Å². The first-order valence-corrected chi connectivity index (χ1v) is 15.1. The van der Waals surface area contributed by atoms with Gasteiger partial charge in [0.25, 0.3) is 0 Å². The number of furan rings is 1. The number of thioether (sulfide) groups is 1. The molecule has 1 saturated heterocycles. The molecular formula is C29H45NO2S. The third kappa shape index (κ3) is 3.59. The molecule has 4 heteroatoms. The van der Waals surface area contributed by atoms with Crippen molar-refractivity contribution in [1.29, 1.82) is 0 Å². The predicted octanol–water partition coefficient (Wildman–Crippen LogP) is 6.72. The Morgan fingerprint density at radius 1 is 1.03 bits per heavy atom. The van der Waals surface area contributed by atoms with E-state index in [2.05, 4.69) is 36.6 Å². The smallest absolute Gasteiger partial charge is 0.0937 e. The summed E-state index contributed by atoms with van der Waals surface area (Å²) >= 11 is 2.28. The largest absolute Gasteiger partial charge is 0.472 e. The van der Waals surface area contributed by atoms with Gasteiger partial charge in [-0.25, -0.2) is 0 Å². The summed E-state index contributed by atoms with van der Waals surface area (Å²) in [6.45, 7) is 9.01.